The van der Waals surface area contributed by atoms with Crippen molar-refractivity contribution in [3.8, 4) is 0 Å². The van der Waals surface area contributed by atoms with E-state index in [9.17, 15) is 0 Å². The predicted octanol–water partition coefficient (Wildman–Crippen LogP) is 2.41. The molecule has 0 heterocycles. The Morgan fingerprint density at radius 2 is 2.17 bits per heavy atom. The summed E-state index contributed by atoms with van der Waals surface area (Å²) < 4.78 is 0. The van der Waals surface area contributed by atoms with Gasteiger partial charge in [0.15, 0.2) is 0 Å². The number of halogens is 1. The molecule has 0 aromatic heterocycles. The first-order valence-corrected chi connectivity index (χ1v) is 4.51. The molecule has 0 atom stereocenters. The third kappa shape index (κ3) is 2.50. The Morgan fingerprint density at radius 1 is 1.42 bits per heavy atom. The first kappa shape index (κ1) is 9.56. The molecular weight excluding hydrogens is 170 g/mol. The lowest BCUT2D eigenvalue weighted by Gasteiger charge is -2.04. The molecule has 1 aromatic carbocycles. The van der Waals surface area contributed by atoms with Gasteiger partial charge in [0.05, 0.1) is 0 Å². The van der Waals surface area contributed by atoms with Crippen molar-refractivity contribution in [3.05, 3.63) is 34.3 Å². The van der Waals surface area contributed by atoms with Crippen LogP contribution in [0, 0.1) is 6.92 Å². The second-order valence-corrected chi connectivity index (χ2v) is 3.36. The van der Waals surface area contributed by atoms with Gasteiger partial charge < -0.3 is 5.32 Å². The van der Waals surface area contributed by atoms with Gasteiger partial charge in [-0.1, -0.05) is 23.7 Å². The summed E-state index contributed by atoms with van der Waals surface area (Å²) in [4.78, 5) is 0. The Morgan fingerprint density at radius 3 is 2.75 bits per heavy atom. The zero-order valence-corrected chi connectivity index (χ0v) is 8.28. The van der Waals surface area contributed by atoms with Crippen molar-refractivity contribution in [1.29, 1.82) is 0 Å². The largest absolute Gasteiger partial charge is 0.319 e. The molecule has 0 spiro atoms. The molecule has 2 heteroatoms. The highest BCUT2D eigenvalue weighted by Crippen LogP contribution is 2.17. The van der Waals surface area contributed by atoms with Crippen molar-refractivity contribution in [2.45, 2.75) is 13.3 Å². The van der Waals surface area contributed by atoms with Crippen LogP contribution in [0.3, 0.4) is 0 Å². The first-order chi connectivity index (χ1) is 5.74. The van der Waals surface area contributed by atoms with Gasteiger partial charge in [-0.2, -0.15) is 0 Å². The van der Waals surface area contributed by atoms with Gasteiger partial charge in [0.25, 0.3) is 0 Å². The van der Waals surface area contributed by atoms with E-state index in [2.05, 4.69) is 17.4 Å². The van der Waals surface area contributed by atoms with Gasteiger partial charge in [0.1, 0.15) is 0 Å². The minimum Gasteiger partial charge on any atom is -0.319 e. The van der Waals surface area contributed by atoms with Crippen LogP contribution < -0.4 is 5.32 Å². The average Bonchev–Trinajstić information content (AvgIpc) is 2.03. The van der Waals surface area contributed by atoms with Crippen molar-refractivity contribution >= 4 is 11.6 Å². The zero-order valence-electron chi connectivity index (χ0n) is 7.52. The summed E-state index contributed by atoms with van der Waals surface area (Å²) in [6, 6.07) is 6.19. The molecule has 12 heavy (non-hydrogen) atoms. The summed E-state index contributed by atoms with van der Waals surface area (Å²) in [7, 11) is 1.95. The lowest BCUT2D eigenvalue weighted by Crippen LogP contribution is -2.10. The normalized spacial score (nSPS) is 10.2. The van der Waals surface area contributed by atoms with Crippen molar-refractivity contribution in [3.63, 3.8) is 0 Å². The Labute approximate surface area is 78.7 Å². The maximum Gasteiger partial charge on any atom is 0.0441 e. The zero-order chi connectivity index (χ0) is 8.97. The van der Waals surface area contributed by atoms with Crippen LogP contribution in [0.15, 0.2) is 18.2 Å². The van der Waals surface area contributed by atoms with E-state index in [-0.39, 0.29) is 0 Å². The highest BCUT2D eigenvalue weighted by Gasteiger charge is 1.98. The third-order valence-electron chi connectivity index (χ3n) is 1.85. The number of nitrogens with one attached hydrogen (secondary N) is 1. The molecule has 0 bridgehead atoms. The molecule has 0 saturated carbocycles. The molecule has 0 saturated heterocycles. The van der Waals surface area contributed by atoms with Crippen molar-refractivity contribution in [1.82, 2.24) is 5.32 Å². The number of hydrogen-bond acceptors (Lipinski definition) is 1. The van der Waals surface area contributed by atoms with Gasteiger partial charge >= 0.3 is 0 Å². The molecule has 1 aromatic rings. The fourth-order valence-corrected chi connectivity index (χ4v) is 1.44. The minimum absolute atomic E-state index is 0.880. The highest BCUT2D eigenvalue weighted by atomic mass is 35.5. The number of aryl methyl sites for hydroxylation is 1. The van der Waals surface area contributed by atoms with E-state index >= 15 is 0 Å². The van der Waals surface area contributed by atoms with E-state index < -0.39 is 0 Å². The Balaban J connectivity index is 2.72. The minimum atomic E-state index is 0.880. The van der Waals surface area contributed by atoms with Crippen LogP contribution in [-0.2, 0) is 6.42 Å². The number of likely N-dealkylation sites (N-methyl/N-ethyl adjacent to an activating group) is 1. The van der Waals surface area contributed by atoms with E-state index in [0.29, 0.717) is 0 Å². The maximum atomic E-state index is 6.04. The molecule has 0 aliphatic rings. The fourth-order valence-electron chi connectivity index (χ4n) is 1.11. The van der Waals surface area contributed by atoms with Crippen LogP contribution in [-0.4, -0.2) is 13.6 Å². The Hall–Kier alpha value is -0.530. The van der Waals surface area contributed by atoms with E-state index in [4.69, 9.17) is 11.6 Å². The highest BCUT2D eigenvalue weighted by molar-refractivity contribution is 6.31. The van der Waals surface area contributed by atoms with Crippen LogP contribution >= 0.6 is 11.6 Å². The summed E-state index contributed by atoms with van der Waals surface area (Å²) in [5.74, 6) is 0. The van der Waals surface area contributed by atoms with E-state index in [1.807, 2.05) is 20.0 Å². The van der Waals surface area contributed by atoms with Gasteiger partial charge in [-0.3, -0.25) is 0 Å². The van der Waals surface area contributed by atoms with Gasteiger partial charge in [0, 0.05) is 5.02 Å². The standard InChI is InChI=1S/C10H14ClN/c1-8-3-4-9(5-6-12-2)10(11)7-8/h3-4,7,12H,5-6H2,1-2H3. The van der Waals surface area contributed by atoms with Gasteiger partial charge in [-0.15, -0.1) is 0 Å². The van der Waals surface area contributed by atoms with Crippen LogP contribution in [0.1, 0.15) is 11.1 Å². The molecule has 0 radical (unpaired) electrons. The molecule has 0 aliphatic carbocycles. The summed E-state index contributed by atoms with van der Waals surface area (Å²) in [6.45, 7) is 3.02. The summed E-state index contributed by atoms with van der Waals surface area (Å²) in [5, 5.41) is 3.98. The maximum absolute atomic E-state index is 6.04. The Kier molecular flexibility index (Phi) is 3.57. The SMILES string of the molecule is CNCCc1ccc(C)cc1Cl. The van der Waals surface area contributed by atoms with Crippen molar-refractivity contribution in [2.24, 2.45) is 0 Å². The smallest absolute Gasteiger partial charge is 0.0441 e. The molecular formula is C10H14ClN. The first-order valence-electron chi connectivity index (χ1n) is 4.13. The molecule has 0 aliphatic heterocycles. The molecule has 66 valence electrons. The molecule has 0 unspecified atom stereocenters. The van der Waals surface area contributed by atoms with E-state index in [1.165, 1.54) is 11.1 Å². The Bertz CT molecular complexity index is 258. The van der Waals surface area contributed by atoms with Crippen molar-refractivity contribution < 1.29 is 0 Å². The number of hydrogen-bond donors (Lipinski definition) is 1. The van der Waals surface area contributed by atoms with Crippen LogP contribution in [0.2, 0.25) is 5.02 Å². The number of rotatable bonds is 3. The predicted molar refractivity (Wildman–Crippen MR) is 53.8 cm³/mol. The van der Waals surface area contributed by atoms with E-state index in [1.54, 1.807) is 0 Å². The summed E-state index contributed by atoms with van der Waals surface area (Å²) in [6.07, 6.45) is 0.996. The molecule has 1 rings (SSSR count). The topological polar surface area (TPSA) is 12.0 Å². The van der Waals surface area contributed by atoms with Gasteiger partial charge in [-0.25, -0.2) is 0 Å². The molecule has 1 N–H and O–H groups in total. The van der Waals surface area contributed by atoms with Crippen molar-refractivity contribution in [2.75, 3.05) is 13.6 Å². The summed E-state index contributed by atoms with van der Waals surface area (Å²) in [5.41, 5.74) is 2.44. The quantitative estimate of drug-likeness (QED) is 0.759. The fraction of sp³-hybridized carbons (Fsp3) is 0.400. The van der Waals surface area contributed by atoms with Crippen LogP contribution in [0.25, 0.3) is 0 Å². The van der Waals surface area contributed by atoms with Gasteiger partial charge in [-0.05, 0) is 44.1 Å². The lowest BCUT2D eigenvalue weighted by molar-refractivity contribution is 0.792. The second-order valence-electron chi connectivity index (χ2n) is 2.95. The summed E-state index contributed by atoms with van der Waals surface area (Å²) >= 11 is 6.04. The number of benzene rings is 1. The monoisotopic (exact) mass is 183 g/mol. The molecule has 0 amide bonds. The van der Waals surface area contributed by atoms with Crippen LogP contribution in [0.4, 0.5) is 0 Å². The van der Waals surface area contributed by atoms with Gasteiger partial charge in [0.2, 0.25) is 0 Å². The lowest BCUT2D eigenvalue weighted by atomic mass is 10.1. The van der Waals surface area contributed by atoms with E-state index in [0.717, 1.165) is 18.0 Å². The molecule has 1 nitrogen and oxygen atoms in total. The third-order valence-corrected chi connectivity index (χ3v) is 2.20. The van der Waals surface area contributed by atoms with Crippen LogP contribution in [0.5, 0.6) is 0 Å². The average molecular weight is 184 g/mol. The molecule has 0 fully saturated rings. The second kappa shape index (κ2) is 4.48.